The number of carbonyl (C=O) groups excluding carboxylic acids is 2. The Morgan fingerprint density at radius 3 is 2.56 bits per heavy atom. The molecule has 0 saturated heterocycles. The van der Waals surface area contributed by atoms with Gasteiger partial charge in [0.05, 0.1) is 0 Å². The summed E-state index contributed by atoms with van der Waals surface area (Å²) >= 11 is 0. The van der Waals surface area contributed by atoms with Crippen LogP contribution in [0.1, 0.15) is 13.8 Å². The first kappa shape index (κ1) is 8.14. The summed E-state index contributed by atoms with van der Waals surface area (Å²) in [7, 11) is 0. The van der Waals surface area contributed by atoms with Crippen LogP contribution in [-0.4, -0.2) is 18.9 Å². The van der Waals surface area contributed by atoms with Crippen molar-refractivity contribution in [3.63, 3.8) is 0 Å². The van der Waals surface area contributed by atoms with Crippen LogP contribution in [0.25, 0.3) is 0 Å². The molecule has 0 amide bonds. The molecule has 1 radical (unpaired) electrons. The van der Waals surface area contributed by atoms with Gasteiger partial charge in [-0.1, -0.05) is 13.8 Å². The first-order valence-electron chi connectivity index (χ1n) is 2.70. The fraction of sp³-hybridized carbons (Fsp3) is 0.667. The Kier molecular flexibility index (Phi) is 3.67. The Labute approximate surface area is 54.0 Å². The van der Waals surface area contributed by atoms with Gasteiger partial charge >= 0.3 is 6.47 Å². The predicted molar refractivity (Wildman–Crippen MR) is 31.5 cm³/mol. The summed E-state index contributed by atoms with van der Waals surface area (Å²) in [4.78, 5) is 20.0. The number of hydrogen-bond acceptors (Lipinski definition) is 3. The second kappa shape index (κ2) is 4.06. The average molecular weight is 129 g/mol. The van der Waals surface area contributed by atoms with E-state index in [9.17, 15) is 9.59 Å². The molecule has 0 atom stereocenters. The van der Waals surface area contributed by atoms with Crippen molar-refractivity contribution in [3.05, 3.63) is 0 Å². The van der Waals surface area contributed by atoms with Gasteiger partial charge in [0.25, 0.3) is 0 Å². The van der Waals surface area contributed by atoms with Gasteiger partial charge in [-0.25, -0.2) is 4.79 Å². The highest BCUT2D eigenvalue weighted by molar-refractivity contribution is 5.82. The maximum atomic E-state index is 10.6. The first-order valence-corrected chi connectivity index (χ1v) is 2.70. The number of carbonyl (C=O) groups is 1. The van der Waals surface area contributed by atoms with E-state index in [1.807, 2.05) is 0 Å². The van der Waals surface area contributed by atoms with Crippen LogP contribution in [0.3, 0.4) is 0 Å². The molecule has 3 nitrogen and oxygen atoms in total. The van der Waals surface area contributed by atoms with Crippen molar-refractivity contribution in [2.24, 2.45) is 5.92 Å². The topological polar surface area (TPSA) is 43.4 Å². The minimum atomic E-state index is -0.152. The Balaban J connectivity index is 3.38. The summed E-state index contributed by atoms with van der Waals surface area (Å²) < 4.78 is 4.10. The Hall–Kier alpha value is -0.860. The third kappa shape index (κ3) is 3.70. The van der Waals surface area contributed by atoms with Crippen LogP contribution in [0.15, 0.2) is 0 Å². The standard InChI is InChI=1S/C6H9O3/c1-5(2)6(8)3-9-4-7/h5H,3H2,1-2H3. The monoisotopic (exact) mass is 129 g/mol. The van der Waals surface area contributed by atoms with Gasteiger partial charge in [0.15, 0.2) is 12.4 Å². The van der Waals surface area contributed by atoms with Crippen LogP contribution in [0, 0.1) is 5.92 Å². The molecule has 0 saturated carbocycles. The lowest BCUT2D eigenvalue weighted by molar-refractivity contribution is -0.124. The maximum absolute atomic E-state index is 10.6. The van der Waals surface area contributed by atoms with Gasteiger partial charge in [-0.15, -0.1) is 0 Å². The Morgan fingerprint density at radius 2 is 2.22 bits per heavy atom. The lowest BCUT2D eigenvalue weighted by Gasteiger charge is -1.99. The summed E-state index contributed by atoms with van der Waals surface area (Å²) in [6.07, 6.45) is 0. The van der Waals surface area contributed by atoms with Gasteiger partial charge in [0.2, 0.25) is 0 Å². The van der Waals surface area contributed by atoms with Crippen molar-refractivity contribution in [1.82, 2.24) is 0 Å². The molecule has 0 N–H and O–H groups in total. The summed E-state index contributed by atoms with van der Waals surface area (Å²) in [6.45, 7) is 4.52. The molecule has 0 aromatic rings. The van der Waals surface area contributed by atoms with Crippen LogP contribution in [0.4, 0.5) is 0 Å². The second-order valence-corrected chi connectivity index (χ2v) is 1.99. The van der Waals surface area contributed by atoms with Crippen molar-refractivity contribution < 1.29 is 14.3 Å². The highest BCUT2D eigenvalue weighted by Crippen LogP contribution is 1.92. The van der Waals surface area contributed by atoms with Crippen LogP contribution in [0.2, 0.25) is 0 Å². The van der Waals surface area contributed by atoms with Crippen LogP contribution >= 0.6 is 0 Å². The predicted octanol–water partition coefficient (Wildman–Crippen LogP) is 0.295. The summed E-state index contributed by atoms with van der Waals surface area (Å²) in [5, 5.41) is 0. The van der Waals surface area contributed by atoms with E-state index in [0.29, 0.717) is 0 Å². The molecule has 0 bridgehead atoms. The average Bonchev–Trinajstić information content (AvgIpc) is 1.82. The van der Waals surface area contributed by atoms with Crippen LogP contribution in [-0.2, 0) is 14.3 Å². The lowest BCUT2D eigenvalue weighted by Crippen LogP contribution is -2.13. The molecule has 3 heteroatoms. The number of ketones is 1. The second-order valence-electron chi connectivity index (χ2n) is 1.99. The van der Waals surface area contributed by atoms with Gasteiger partial charge in [-0.05, 0) is 0 Å². The van der Waals surface area contributed by atoms with E-state index in [1.54, 1.807) is 13.8 Å². The van der Waals surface area contributed by atoms with Gasteiger partial charge in [0, 0.05) is 5.92 Å². The lowest BCUT2D eigenvalue weighted by atomic mass is 10.1. The molecule has 0 aromatic carbocycles. The normalized spacial score (nSPS) is 9.22. The molecule has 0 fully saturated rings. The van der Waals surface area contributed by atoms with Gasteiger partial charge in [-0.3, -0.25) is 4.79 Å². The van der Waals surface area contributed by atoms with E-state index < -0.39 is 0 Å². The SMILES string of the molecule is CC(C)C(=O)CO[C]=O. The van der Waals surface area contributed by atoms with Crippen molar-refractivity contribution >= 4 is 12.3 Å². The van der Waals surface area contributed by atoms with E-state index >= 15 is 0 Å². The molecule has 0 aromatic heterocycles. The number of Topliss-reactive ketones (excluding diaryl/α,β-unsaturated/α-hetero) is 1. The summed E-state index contributed by atoms with van der Waals surface area (Å²) in [6, 6.07) is 0. The molecule has 0 rings (SSSR count). The molecule has 0 unspecified atom stereocenters. The minimum absolute atomic E-state index is 0.0710. The van der Waals surface area contributed by atoms with E-state index in [4.69, 9.17) is 0 Å². The highest BCUT2D eigenvalue weighted by Gasteiger charge is 2.05. The smallest absolute Gasteiger partial charge is 0.417 e. The highest BCUT2D eigenvalue weighted by atomic mass is 16.5. The van der Waals surface area contributed by atoms with E-state index in [1.165, 1.54) is 6.47 Å². The van der Waals surface area contributed by atoms with Crippen molar-refractivity contribution in [1.29, 1.82) is 0 Å². The van der Waals surface area contributed by atoms with Gasteiger partial charge in [-0.2, -0.15) is 0 Å². The Bertz CT molecular complexity index is 107. The maximum Gasteiger partial charge on any atom is 0.417 e. The Morgan fingerprint density at radius 1 is 1.67 bits per heavy atom. The van der Waals surface area contributed by atoms with E-state index in [2.05, 4.69) is 4.74 Å². The third-order valence-corrected chi connectivity index (χ3v) is 0.917. The summed E-state index contributed by atoms with van der Waals surface area (Å²) in [5.74, 6) is -0.156. The number of hydrogen-bond donors (Lipinski definition) is 0. The van der Waals surface area contributed by atoms with E-state index in [0.717, 1.165) is 0 Å². The molecule has 0 heterocycles. The molecule has 51 valence electrons. The van der Waals surface area contributed by atoms with Crippen molar-refractivity contribution in [2.75, 3.05) is 6.61 Å². The molecule has 0 spiro atoms. The fourth-order valence-electron chi connectivity index (χ4n) is 0.267. The van der Waals surface area contributed by atoms with Crippen molar-refractivity contribution in [3.8, 4) is 0 Å². The zero-order valence-electron chi connectivity index (χ0n) is 5.51. The molecular formula is C6H9O3. The van der Waals surface area contributed by atoms with Crippen LogP contribution < -0.4 is 0 Å². The number of ether oxygens (including phenoxy) is 1. The van der Waals surface area contributed by atoms with Gasteiger partial charge in [0.1, 0.15) is 0 Å². The zero-order chi connectivity index (χ0) is 7.28. The molecule has 9 heavy (non-hydrogen) atoms. The molecular weight excluding hydrogens is 120 g/mol. The fourth-order valence-corrected chi connectivity index (χ4v) is 0.267. The van der Waals surface area contributed by atoms with E-state index in [-0.39, 0.29) is 18.3 Å². The molecule has 0 aliphatic rings. The van der Waals surface area contributed by atoms with Gasteiger partial charge < -0.3 is 4.74 Å². The third-order valence-electron chi connectivity index (χ3n) is 0.917. The van der Waals surface area contributed by atoms with Crippen molar-refractivity contribution in [2.45, 2.75) is 13.8 Å². The largest absolute Gasteiger partial charge is 0.449 e. The van der Waals surface area contributed by atoms with Crippen LogP contribution in [0.5, 0.6) is 0 Å². The molecule has 0 aliphatic heterocycles. The minimum Gasteiger partial charge on any atom is -0.449 e. The quantitative estimate of drug-likeness (QED) is 0.548. The number of rotatable bonds is 4. The summed E-state index contributed by atoms with van der Waals surface area (Å²) in [5.41, 5.74) is 0. The zero-order valence-corrected chi connectivity index (χ0v) is 5.51. The first-order chi connectivity index (χ1) is 4.18. The molecule has 0 aliphatic carbocycles.